The fourth-order valence-electron chi connectivity index (χ4n) is 4.46. The lowest BCUT2D eigenvalue weighted by atomic mass is 10.1. The van der Waals surface area contributed by atoms with Crippen molar-refractivity contribution in [3.05, 3.63) is 23.2 Å². The first-order chi connectivity index (χ1) is 13.9. The summed E-state index contributed by atoms with van der Waals surface area (Å²) in [5, 5.41) is 3.96. The number of piperidine rings is 1. The molecule has 2 saturated heterocycles. The summed E-state index contributed by atoms with van der Waals surface area (Å²) in [6.45, 7) is 5.01. The standard InChI is InChI=1S/C20H24N4O4S/c1-20(9-27-10-20)28-19(26)24-7-13-12(14(13)8-24)2-3-22-18(25)15-4-11-5-17(21)23-6-16(11)29-15/h4-6,12-14H,2-3,7-10H2,1H3,(H2,21,23)(H,22,25)/t12-,13-,14+. The summed E-state index contributed by atoms with van der Waals surface area (Å²) in [4.78, 5) is 31.2. The Labute approximate surface area is 172 Å². The second-order valence-corrected chi connectivity index (χ2v) is 9.59. The number of thiophene rings is 1. The first-order valence-electron chi connectivity index (χ1n) is 9.91. The minimum absolute atomic E-state index is 0.0586. The minimum Gasteiger partial charge on any atom is -0.438 e. The molecule has 2 aliphatic heterocycles. The van der Waals surface area contributed by atoms with Crippen LogP contribution in [0.25, 0.3) is 10.1 Å². The number of ether oxygens (including phenoxy) is 2. The zero-order valence-corrected chi connectivity index (χ0v) is 17.0. The lowest BCUT2D eigenvalue weighted by molar-refractivity contribution is -0.171. The maximum atomic E-state index is 12.4. The molecule has 3 atom stereocenters. The molecule has 1 aliphatic carbocycles. The third-order valence-electron chi connectivity index (χ3n) is 6.19. The van der Waals surface area contributed by atoms with Crippen LogP contribution in [0.2, 0.25) is 0 Å². The third kappa shape index (κ3) is 3.53. The Morgan fingerprint density at radius 1 is 1.38 bits per heavy atom. The van der Waals surface area contributed by atoms with Gasteiger partial charge in [-0.05, 0) is 48.6 Å². The predicted molar refractivity (Wildman–Crippen MR) is 109 cm³/mol. The van der Waals surface area contributed by atoms with E-state index in [0.717, 1.165) is 29.6 Å². The monoisotopic (exact) mass is 416 g/mol. The number of aromatic nitrogens is 1. The van der Waals surface area contributed by atoms with Gasteiger partial charge in [0.05, 0.1) is 22.8 Å². The van der Waals surface area contributed by atoms with Gasteiger partial charge in [0.15, 0.2) is 5.60 Å². The first kappa shape index (κ1) is 18.6. The van der Waals surface area contributed by atoms with Crippen molar-refractivity contribution in [2.24, 2.45) is 17.8 Å². The first-order valence-corrected chi connectivity index (χ1v) is 10.7. The van der Waals surface area contributed by atoms with Crippen LogP contribution in [0.15, 0.2) is 18.3 Å². The number of nitrogens with one attached hydrogen (secondary N) is 1. The molecular weight excluding hydrogens is 392 g/mol. The summed E-state index contributed by atoms with van der Waals surface area (Å²) in [5.74, 6) is 2.03. The van der Waals surface area contributed by atoms with Gasteiger partial charge in [0.1, 0.15) is 5.82 Å². The van der Waals surface area contributed by atoms with Crippen LogP contribution in [0.1, 0.15) is 23.0 Å². The van der Waals surface area contributed by atoms with Gasteiger partial charge >= 0.3 is 6.09 Å². The number of hydrogen-bond acceptors (Lipinski definition) is 7. The molecule has 2 amide bonds. The number of likely N-dealkylation sites (tertiary alicyclic amines) is 1. The van der Waals surface area contributed by atoms with E-state index in [2.05, 4.69) is 10.3 Å². The van der Waals surface area contributed by atoms with Crippen molar-refractivity contribution >= 4 is 39.2 Å². The van der Waals surface area contributed by atoms with Crippen molar-refractivity contribution < 1.29 is 19.1 Å². The Morgan fingerprint density at radius 3 is 2.83 bits per heavy atom. The van der Waals surface area contributed by atoms with E-state index in [0.29, 0.717) is 48.2 Å². The number of nitrogen functional groups attached to an aromatic ring is 1. The van der Waals surface area contributed by atoms with Gasteiger partial charge in [-0.2, -0.15) is 0 Å². The summed E-state index contributed by atoms with van der Waals surface area (Å²) >= 11 is 1.42. The molecule has 9 heteroatoms. The van der Waals surface area contributed by atoms with Crippen molar-refractivity contribution in [2.75, 3.05) is 38.6 Å². The number of fused-ring (bicyclic) bond motifs is 2. The highest BCUT2D eigenvalue weighted by Crippen LogP contribution is 2.53. The van der Waals surface area contributed by atoms with Crippen LogP contribution in [0.3, 0.4) is 0 Å². The normalized spacial score (nSPS) is 26.7. The van der Waals surface area contributed by atoms with Crippen LogP contribution in [0.4, 0.5) is 10.6 Å². The van der Waals surface area contributed by atoms with Crippen molar-refractivity contribution in [3.8, 4) is 0 Å². The highest BCUT2D eigenvalue weighted by molar-refractivity contribution is 7.20. The van der Waals surface area contributed by atoms with Gasteiger partial charge in [-0.25, -0.2) is 9.78 Å². The Balaban J connectivity index is 1.06. The molecule has 1 saturated carbocycles. The van der Waals surface area contributed by atoms with Gasteiger partial charge in [0.25, 0.3) is 5.91 Å². The van der Waals surface area contributed by atoms with E-state index in [-0.39, 0.29) is 12.0 Å². The maximum absolute atomic E-state index is 12.4. The number of hydrogen-bond donors (Lipinski definition) is 2. The van der Waals surface area contributed by atoms with Crippen molar-refractivity contribution in [2.45, 2.75) is 18.9 Å². The van der Waals surface area contributed by atoms with Gasteiger partial charge in [-0.3, -0.25) is 4.79 Å². The molecule has 3 aliphatic rings. The largest absolute Gasteiger partial charge is 0.438 e. The predicted octanol–water partition coefficient (Wildman–Crippen LogP) is 2.10. The van der Waals surface area contributed by atoms with Crippen LogP contribution in [0, 0.1) is 17.8 Å². The van der Waals surface area contributed by atoms with E-state index in [1.807, 2.05) is 17.9 Å². The Hall–Kier alpha value is -2.39. The average molecular weight is 417 g/mol. The van der Waals surface area contributed by atoms with Gasteiger partial charge in [-0.1, -0.05) is 0 Å². The van der Waals surface area contributed by atoms with Crippen LogP contribution < -0.4 is 11.1 Å². The Kier molecular flexibility index (Phi) is 4.40. The average Bonchev–Trinajstić information content (AvgIpc) is 3.02. The van der Waals surface area contributed by atoms with Crippen LogP contribution in [0.5, 0.6) is 0 Å². The summed E-state index contributed by atoms with van der Waals surface area (Å²) in [5.41, 5.74) is 5.24. The number of carbonyl (C=O) groups is 2. The molecule has 4 heterocycles. The number of amides is 2. The van der Waals surface area contributed by atoms with Crippen LogP contribution in [-0.2, 0) is 9.47 Å². The van der Waals surface area contributed by atoms with Gasteiger partial charge in [0.2, 0.25) is 0 Å². The molecule has 2 aromatic heterocycles. The quantitative estimate of drug-likeness (QED) is 0.773. The second-order valence-electron chi connectivity index (χ2n) is 8.51. The van der Waals surface area contributed by atoms with E-state index in [9.17, 15) is 9.59 Å². The molecule has 0 radical (unpaired) electrons. The lowest BCUT2D eigenvalue weighted by Gasteiger charge is -2.38. The van der Waals surface area contributed by atoms with Crippen molar-refractivity contribution in [3.63, 3.8) is 0 Å². The van der Waals surface area contributed by atoms with Gasteiger partial charge in [0, 0.05) is 25.8 Å². The molecular formula is C20H24N4O4S. The molecule has 154 valence electrons. The lowest BCUT2D eigenvalue weighted by Crippen LogP contribution is -2.52. The molecule has 3 N–H and O–H groups in total. The number of nitrogens with two attached hydrogens (primary N) is 1. The molecule has 8 nitrogen and oxygen atoms in total. The van der Waals surface area contributed by atoms with Gasteiger partial charge in [-0.15, -0.1) is 11.3 Å². The fourth-order valence-corrected chi connectivity index (χ4v) is 5.39. The maximum Gasteiger partial charge on any atom is 0.410 e. The van der Waals surface area contributed by atoms with Gasteiger partial charge < -0.3 is 25.4 Å². The number of nitrogens with zero attached hydrogens (tertiary/aromatic N) is 2. The SMILES string of the molecule is CC1(OC(=O)N2C[C@@H]3[C@@H](CCNC(=O)c4cc5cc(N)ncc5s4)[C@@H]3C2)COC1. The molecule has 3 fully saturated rings. The molecule has 0 bridgehead atoms. The zero-order valence-electron chi connectivity index (χ0n) is 16.2. The molecule has 0 unspecified atom stereocenters. The number of carbonyl (C=O) groups excluding carboxylic acids is 2. The highest BCUT2D eigenvalue weighted by atomic mass is 32.1. The molecule has 29 heavy (non-hydrogen) atoms. The van der Waals surface area contributed by atoms with Crippen LogP contribution in [-0.4, -0.2) is 60.3 Å². The number of anilines is 1. The minimum atomic E-state index is -0.456. The van der Waals surface area contributed by atoms with Crippen LogP contribution >= 0.6 is 11.3 Å². The molecule has 0 spiro atoms. The van der Waals surface area contributed by atoms with E-state index in [1.165, 1.54) is 11.3 Å². The summed E-state index contributed by atoms with van der Waals surface area (Å²) in [7, 11) is 0. The number of rotatable bonds is 5. The molecule has 5 rings (SSSR count). The number of pyridine rings is 1. The fraction of sp³-hybridized carbons (Fsp3) is 0.550. The smallest absolute Gasteiger partial charge is 0.410 e. The molecule has 0 aromatic carbocycles. The molecule has 2 aromatic rings. The van der Waals surface area contributed by atoms with E-state index in [4.69, 9.17) is 15.2 Å². The highest BCUT2D eigenvalue weighted by Gasteiger charge is 2.56. The van der Waals surface area contributed by atoms with Crippen molar-refractivity contribution in [1.29, 1.82) is 0 Å². The van der Waals surface area contributed by atoms with E-state index < -0.39 is 5.60 Å². The van der Waals surface area contributed by atoms with E-state index in [1.54, 1.807) is 12.3 Å². The summed E-state index contributed by atoms with van der Waals surface area (Å²) in [6, 6.07) is 3.64. The Morgan fingerprint density at radius 2 is 2.14 bits per heavy atom. The summed E-state index contributed by atoms with van der Waals surface area (Å²) < 4.78 is 11.6. The second kappa shape index (κ2) is 6.84. The van der Waals surface area contributed by atoms with Crippen molar-refractivity contribution in [1.82, 2.24) is 15.2 Å². The summed E-state index contributed by atoms with van der Waals surface area (Å²) in [6.07, 6.45) is 2.41. The topological polar surface area (TPSA) is 107 Å². The zero-order chi connectivity index (χ0) is 20.2. The van der Waals surface area contributed by atoms with E-state index >= 15 is 0 Å². The Bertz CT molecular complexity index is 961. The third-order valence-corrected chi connectivity index (χ3v) is 7.27.